The van der Waals surface area contributed by atoms with Crippen LogP contribution in [0.5, 0.6) is 0 Å². The van der Waals surface area contributed by atoms with Crippen molar-refractivity contribution in [2.75, 3.05) is 0 Å². The summed E-state index contributed by atoms with van der Waals surface area (Å²) in [5, 5.41) is 9.81. The molecule has 0 saturated heterocycles. The molecule has 1 N–H and O–H groups in total. The van der Waals surface area contributed by atoms with Gasteiger partial charge in [0.1, 0.15) is 0 Å². The SMILES string of the molecule is O=c1oc2ccc(CO)cc2n1Cc1cccc(Cl)c1. The van der Waals surface area contributed by atoms with E-state index in [1.807, 2.05) is 18.2 Å². The van der Waals surface area contributed by atoms with Gasteiger partial charge in [0.25, 0.3) is 0 Å². The largest absolute Gasteiger partial charge is 0.420 e. The van der Waals surface area contributed by atoms with Crippen molar-refractivity contribution in [3.63, 3.8) is 0 Å². The molecule has 0 fully saturated rings. The van der Waals surface area contributed by atoms with Gasteiger partial charge in [0.2, 0.25) is 0 Å². The van der Waals surface area contributed by atoms with Gasteiger partial charge in [-0.2, -0.15) is 0 Å². The number of aromatic nitrogens is 1. The second-order valence-electron chi connectivity index (χ2n) is 4.54. The molecule has 0 unspecified atom stereocenters. The lowest BCUT2D eigenvalue weighted by Crippen LogP contribution is -2.14. The Morgan fingerprint density at radius 1 is 1.15 bits per heavy atom. The highest BCUT2D eigenvalue weighted by atomic mass is 35.5. The van der Waals surface area contributed by atoms with Gasteiger partial charge >= 0.3 is 5.76 Å². The van der Waals surface area contributed by atoms with Gasteiger partial charge in [-0.25, -0.2) is 4.79 Å². The van der Waals surface area contributed by atoms with E-state index in [1.165, 1.54) is 4.57 Å². The number of fused-ring (bicyclic) bond motifs is 1. The van der Waals surface area contributed by atoms with Crippen molar-refractivity contribution < 1.29 is 9.52 Å². The smallest absolute Gasteiger partial charge is 0.408 e. The third kappa shape index (κ3) is 2.35. The molecule has 5 heteroatoms. The van der Waals surface area contributed by atoms with Gasteiger partial charge in [0, 0.05) is 5.02 Å². The van der Waals surface area contributed by atoms with Crippen LogP contribution in [0, 0.1) is 0 Å². The third-order valence-electron chi connectivity index (χ3n) is 3.14. The first-order valence-electron chi connectivity index (χ1n) is 6.15. The monoisotopic (exact) mass is 289 g/mol. The molecule has 0 aliphatic rings. The van der Waals surface area contributed by atoms with E-state index in [0.717, 1.165) is 11.1 Å². The summed E-state index contributed by atoms with van der Waals surface area (Å²) in [6.45, 7) is 0.299. The Hall–Kier alpha value is -2.04. The number of halogens is 1. The van der Waals surface area contributed by atoms with Gasteiger partial charge in [0.15, 0.2) is 5.58 Å². The minimum atomic E-state index is -0.421. The number of hydrogen-bond acceptors (Lipinski definition) is 3. The molecular formula is C15H12ClNO3. The Morgan fingerprint density at radius 3 is 2.75 bits per heavy atom. The number of nitrogens with zero attached hydrogens (tertiary/aromatic N) is 1. The molecule has 0 bridgehead atoms. The van der Waals surface area contributed by atoms with Gasteiger partial charge < -0.3 is 9.52 Å². The fourth-order valence-electron chi connectivity index (χ4n) is 2.17. The molecule has 3 aromatic rings. The van der Waals surface area contributed by atoms with Crippen LogP contribution in [0.4, 0.5) is 0 Å². The summed E-state index contributed by atoms with van der Waals surface area (Å²) >= 11 is 5.95. The second kappa shape index (κ2) is 5.15. The number of hydrogen-bond donors (Lipinski definition) is 1. The van der Waals surface area contributed by atoms with Crippen LogP contribution in [0.25, 0.3) is 11.1 Å². The summed E-state index contributed by atoms with van der Waals surface area (Å²) in [4.78, 5) is 11.9. The first kappa shape index (κ1) is 13.0. The maximum atomic E-state index is 11.9. The minimum absolute atomic E-state index is 0.0769. The maximum absolute atomic E-state index is 11.9. The van der Waals surface area contributed by atoms with Crippen LogP contribution in [-0.2, 0) is 13.2 Å². The minimum Gasteiger partial charge on any atom is -0.408 e. The molecule has 1 heterocycles. The normalized spacial score (nSPS) is 11.1. The summed E-state index contributed by atoms with van der Waals surface area (Å²) < 4.78 is 6.72. The topological polar surface area (TPSA) is 55.4 Å². The van der Waals surface area contributed by atoms with Crippen LogP contribution in [0.2, 0.25) is 5.02 Å². The Balaban J connectivity index is 2.10. The van der Waals surface area contributed by atoms with E-state index in [9.17, 15) is 9.90 Å². The van der Waals surface area contributed by atoms with Crippen LogP contribution in [0.15, 0.2) is 51.7 Å². The Morgan fingerprint density at radius 2 is 2.00 bits per heavy atom. The lowest BCUT2D eigenvalue weighted by Gasteiger charge is -2.04. The molecule has 1 aromatic heterocycles. The number of rotatable bonds is 3. The van der Waals surface area contributed by atoms with Crippen LogP contribution >= 0.6 is 11.6 Å². The standard InChI is InChI=1S/C15H12ClNO3/c16-12-3-1-2-10(6-12)8-17-13-7-11(9-18)4-5-14(13)20-15(17)19/h1-7,18H,8-9H2. The van der Waals surface area contributed by atoms with E-state index in [2.05, 4.69) is 0 Å². The molecule has 0 aliphatic carbocycles. The van der Waals surface area contributed by atoms with Gasteiger partial charge in [-0.1, -0.05) is 29.8 Å². The Labute approximate surface area is 119 Å². The number of aliphatic hydroxyl groups is 1. The second-order valence-corrected chi connectivity index (χ2v) is 4.98. The van der Waals surface area contributed by atoms with E-state index >= 15 is 0 Å². The van der Waals surface area contributed by atoms with Gasteiger partial charge in [-0.3, -0.25) is 4.57 Å². The van der Waals surface area contributed by atoms with Gasteiger partial charge in [-0.05, 0) is 35.4 Å². The summed E-state index contributed by atoms with van der Waals surface area (Å²) in [7, 11) is 0. The molecule has 0 radical (unpaired) electrons. The molecular weight excluding hydrogens is 278 g/mol. The number of aliphatic hydroxyl groups excluding tert-OH is 1. The first-order chi connectivity index (χ1) is 9.67. The molecule has 3 rings (SSSR count). The van der Waals surface area contributed by atoms with E-state index in [1.54, 1.807) is 24.3 Å². The highest BCUT2D eigenvalue weighted by Gasteiger charge is 2.10. The molecule has 0 aliphatic heterocycles. The van der Waals surface area contributed by atoms with Crippen molar-refractivity contribution in [2.24, 2.45) is 0 Å². The van der Waals surface area contributed by atoms with E-state index in [4.69, 9.17) is 16.0 Å². The highest BCUT2D eigenvalue weighted by molar-refractivity contribution is 6.30. The van der Waals surface area contributed by atoms with Crippen LogP contribution in [-0.4, -0.2) is 9.67 Å². The van der Waals surface area contributed by atoms with Gasteiger partial charge in [-0.15, -0.1) is 0 Å². The van der Waals surface area contributed by atoms with Crippen LogP contribution < -0.4 is 5.76 Å². The van der Waals surface area contributed by atoms with Gasteiger partial charge in [0.05, 0.1) is 18.7 Å². The number of oxazole rings is 1. The first-order valence-corrected chi connectivity index (χ1v) is 6.53. The molecule has 2 aromatic carbocycles. The Kier molecular flexibility index (Phi) is 3.34. The summed E-state index contributed by atoms with van der Waals surface area (Å²) in [6, 6.07) is 12.5. The van der Waals surface area contributed by atoms with Crippen molar-refractivity contribution >= 4 is 22.7 Å². The molecule has 0 amide bonds. The lowest BCUT2D eigenvalue weighted by atomic mass is 10.2. The zero-order valence-electron chi connectivity index (χ0n) is 10.5. The van der Waals surface area contributed by atoms with Crippen LogP contribution in [0.1, 0.15) is 11.1 Å². The summed E-state index contributed by atoms with van der Waals surface area (Å²) in [5.41, 5.74) is 2.82. The average Bonchev–Trinajstić information content (AvgIpc) is 2.74. The van der Waals surface area contributed by atoms with Crippen molar-refractivity contribution in [1.29, 1.82) is 0 Å². The molecule has 102 valence electrons. The molecule has 20 heavy (non-hydrogen) atoms. The maximum Gasteiger partial charge on any atom is 0.420 e. The van der Waals surface area contributed by atoms with E-state index < -0.39 is 5.76 Å². The molecule has 4 nitrogen and oxygen atoms in total. The fraction of sp³-hybridized carbons (Fsp3) is 0.133. The average molecular weight is 290 g/mol. The van der Waals surface area contributed by atoms with Crippen LogP contribution in [0.3, 0.4) is 0 Å². The third-order valence-corrected chi connectivity index (χ3v) is 3.38. The van der Waals surface area contributed by atoms with Crippen molar-refractivity contribution in [3.8, 4) is 0 Å². The molecule has 0 atom stereocenters. The number of benzene rings is 2. The van der Waals surface area contributed by atoms with E-state index in [0.29, 0.717) is 22.7 Å². The predicted octanol–water partition coefficient (Wildman–Crippen LogP) is 2.79. The van der Waals surface area contributed by atoms with Crippen molar-refractivity contribution in [2.45, 2.75) is 13.2 Å². The van der Waals surface area contributed by atoms with E-state index in [-0.39, 0.29) is 6.61 Å². The summed E-state index contributed by atoms with van der Waals surface area (Å²) in [6.07, 6.45) is 0. The van der Waals surface area contributed by atoms with Crippen molar-refractivity contribution in [1.82, 2.24) is 4.57 Å². The highest BCUT2D eigenvalue weighted by Crippen LogP contribution is 2.18. The molecule has 0 saturated carbocycles. The zero-order chi connectivity index (χ0) is 14.1. The molecule has 0 spiro atoms. The van der Waals surface area contributed by atoms with Crippen molar-refractivity contribution in [3.05, 3.63) is 69.2 Å². The predicted molar refractivity (Wildman–Crippen MR) is 77.0 cm³/mol. The summed E-state index contributed by atoms with van der Waals surface area (Å²) in [5.74, 6) is -0.421. The zero-order valence-corrected chi connectivity index (χ0v) is 11.3. The lowest BCUT2D eigenvalue weighted by molar-refractivity contribution is 0.282. The fourth-order valence-corrected chi connectivity index (χ4v) is 2.39. The Bertz CT molecular complexity index is 819. The quantitative estimate of drug-likeness (QED) is 0.806.